The molecule has 0 aliphatic heterocycles. The van der Waals surface area contributed by atoms with Crippen molar-refractivity contribution in [3.8, 4) is 5.75 Å². The Balaban J connectivity index is 2.15. The van der Waals surface area contributed by atoms with Gasteiger partial charge in [0.1, 0.15) is 5.75 Å². The van der Waals surface area contributed by atoms with Crippen molar-refractivity contribution in [2.24, 2.45) is 5.92 Å². The SMILES string of the molecule is CCCCC[C@@]1(c2ccc(OC(=O)CCC)cc2)CCCC[C@@H]1C. The molecule has 0 unspecified atom stereocenters. The fourth-order valence-corrected chi connectivity index (χ4v) is 4.29. The van der Waals surface area contributed by atoms with E-state index in [-0.39, 0.29) is 5.97 Å². The molecular weight excluding hydrogens is 296 g/mol. The second-order valence-corrected chi connectivity index (χ2v) is 7.51. The summed E-state index contributed by atoms with van der Waals surface area (Å²) in [7, 11) is 0. The van der Waals surface area contributed by atoms with Crippen molar-refractivity contribution in [2.75, 3.05) is 0 Å². The number of hydrogen-bond donors (Lipinski definition) is 0. The Hall–Kier alpha value is -1.31. The molecule has 1 fully saturated rings. The van der Waals surface area contributed by atoms with Crippen molar-refractivity contribution in [3.63, 3.8) is 0 Å². The summed E-state index contributed by atoms with van der Waals surface area (Å²) in [6, 6.07) is 8.40. The number of ether oxygens (including phenoxy) is 1. The predicted octanol–water partition coefficient (Wildman–Crippen LogP) is 6.42. The molecule has 0 bridgehead atoms. The summed E-state index contributed by atoms with van der Waals surface area (Å²) >= 11 is 0. The van der Waals surface area contributed by atoms with Crippen molar-refractivity contribution in [1.29, 1.82) is 0 Å². The van der Waals surface area contributed by atoms with Crippen molar-refractivity contribution < 1.29 is 9.53 Å². The lowest BCUT2D eigenvalue weighted by atomic mass is 9.61. The number of hydrogen-bond acceptors (Lipinski definition) is 2. The van der Waals surface area contributed by atoms with E-state index in [0.717, 1.165) is 12.3 Å². The van der Waals surface area contributed by atoms with Crippen molar-refractivity contribution in [3.05, 3.63) is 29.8 Å². The maximum Gasteiger partial charge on any atom is 0.311 e. The summed E-state index contributed by atoms with van der Waals surface area (Å²) in [6.07, 6.45) is 11.8. The summed E-state index contributed by atoms with van der Waals surface area (Å²) < 4.78 is 5.42. The molecule has 0 saturated heterocycles. The zero-order valence-electron chi connectivity index (χ0n) is 15.8. The molecule has 1 saturated carbocycles. The molecule has 134 valence electrons. The minimum atomic E-state index is -0.131. The highest BCUT2D eigenvalue weighted by atomic mass is 16.5. The van der Waals surface area contributed by atoms with Gasteiger partial charge >= 0.3 is 5.97 Å². The second kappa shape index (κ2) is 9.25. The summed E-state index contributed by atoms with van der Waals surface area (Å²) in [5.41, 5.74) is 1.76. The van der Waals surface area contributed by atoms with Crippen LogP contribution >= 0.6 is 0 Å². The van der Waals surface area contributed by atoms with E-state index in [1.54, 1.807) is 0 Å². The average Bonchev–Trinajstić information content (AvgIpc) is 2.58. The van der Waals surface area contributed by atoms with Crippen LogP contribution in [0.1, 0.15) is 90.5 Å². The summed E-state index contributed by atoms with van der Waals surface area (Å²) in [5.74, 6) is 1.29. The number of unbranched alkanes of at least 4 members (excludes halogenated alkanes) is 2. The van der Waals surface area contributed by atoms with Gasteiger partial charge in [-0.05, 0) is 54.7 Å². The summed E-state index contributed by atoms with van der Waals surface area (Å²) in [4.78, 5) is 11.7. The van der Waals surface area contributed by atoms with E-state index in [4.69, 9.17) is 4.74 Å². The van der Waals surface area contributed by atoms with Crippen molar-refractivity contribution in [2.45, 2.75) is 90.4 Å². The van der Waals surface area contributed by atoms with Crippen LogP contribution in [0.3, 0.4) is 0 Å². The van der Waals surface area contributed by atoms with E-state index in [1.807, 2.05) is 19.1 Å². The van der Waals surface area contributed by atoms with Gasteiger partial charge in [0, 0.05) is 6.42 Å². The highest BCUT2D eigenvalue weighted by molar-refractivity contribution is 5.72. The highest BCUT2D eigenvalue weighted by Crippen LogP contribution is 2.47. The first-order chi connectivity index (χ1) is 11.6. The number of carbonyl (C=O) groups is 1. The monoisotopic (exact) mass is 330 g/mol. The van der Waals surface area contributed by atoms with E-state index in [2.05, 4.69) is 26.0 Å². The molecule has 0 N–H and O–H groups in total. The Labute approximate surface area is 148 Å². The van der Waals surface area contributed by atoms with Gasteiger partial charge in [0.25, 0.3) is 0 Å². The van der Waals surface area contributed by atoms with Gasteiger partial charge in [-0.15, -0.1) is 0 Å². The van der Waals surface area contributed by atoms with Crippen LogP contribution in [0.2, 0.25) is 0 Å². The van der Waals surface area contributed by atoms with Crippen LogP contribution in [0.5, 0.6) is 5.75 Å². The standard InChI is InChI=1S/C22H34O2/c1-4-6-8-16-22(17-9-7-11-18(22)3)19-12-14-20(15-13-19)24-21(23)10-5-2/h12-15,18H,4-11,16-17H2,1-3H3/t18-,22+/m0/s1. The minimum absolute atomic E-state index is 0.131. The Morgan fingerprint density at radius 3 is 2.50 bits per heavy atom. The van der Waals surface area contributed by atoms with Gasteiger partial charge in [0.15, 0.2) is 0 Å². The maximum atomic E-state index is 11.7. The molecule has 2 nitrogen and oxygen atoms in total. The molecule has 2 atom stereocenters. The van der Waals surface area contributed by atoms with Crippen LogP contribution in [-0.4, -0.2) is 5.97 Å². The van der Waals surface area contributed by atoms with Gasteiger partial charge in [-0.2, -0.15) is 0 Å². The Morgan fingerprint density at radius 2 is 1.88 bits per heavy atom. The van der Waals surface area contributed by atoms with Gasteiger partial charge in [-0.1, -0.05) is 65.0 Å². The predicted molar refractivity (Wildman–Crippen MR) is 100 cm³/mol. The second-order valence-electron chi connectivity index (χ2n) is 7.51. The molecule has 1 aromatic carbocycles. The lowest BCUT2D eigenvalue weighted by molar-refractivity contribution is -0.134. The fraction of sp³-hybridized carbons (Fsp3) is 0.682. The molecule has 0 radical (unpaired) electrons. The third-order valence-electron chi connectivity index (χ3n) is 5.79. The molecule has 1 aliphatic carbocycles. The zero-order chi connectivity index (χ0) is 17.4. The molecule has 0 aromatic heterocycles. The molecular formula is C22H34O2. The molecule has 2 heteroatoms. The van der Waals surface area contributed by atoms with Gasteiger partial charge in [0.05, 0.1) is 0 Å². The lowest BCUT2D eigenvalue weighted by Gasteiger charge is -2.44. The molecule has 0 amide bonds. The normalized spacial score (nSPS) is 23.9. The van der Waals surface area contributed by atoms with Crippen LogP contribution in [0.4, 0.5) is 0 Å². The number of benzene rings is 1. The average molecular weight is 331 g/mol. The summed E-state index contributed by atoms with van der Waals surface area (Å²) in [6.45, 7) is 6.70. The molecule has 0 spiro atoms. The van der Waals surface area contributed by atoms with E-state index in [1.165, 1.54) is 56.9 Å². The molecule has 1 aromatic rings. The van der Waals surface area contributed by atoms with Crippen LogP contribution in [0.25, 0.3) is 0 Å². The summed E-state index contributed by atoms with van der Waals surface area (Å²) in [5, 5.41) is 0. The lowest BCUT2D eigenvalue weighted by Crippen LogP contribution is -2.36. The Morgan fingerprint density at radius 1 is 1.12 bits per heavy atom. The van der Waals surface area contributed by atoms with Gasteiger partial charge < -0.3 is 4.74 Å². The van der Waals surface area contributed by atoms with Crippen LogP contribution < -0.4 is 4.74 Å². The maximum absolute atomic E-state index is 11.7. The number of rotatable bonds is 8. The van der Waals surface area contributed by atoms with Crippen LogP contribution in [-0.2, 0) is 10.2 Å². The van der Waals surface area contributed by atoms with Gasteiger partial charge in [0.2, 0.25) is 0 Å². The highest BCUT2D eigenvalue weighted by Gasteiger charge is 2.38. The van der Waals surface area contributed by atoms with Gasteiger partial charge in [-0.3, -0.25) is 4.79 Å². The Bertz CT molecular complexity index is 505. The zero-order valence-corrected chi connectivity index (χ0v) is 15.8. The quantitative estimate of drug-likeness (QED) is 0.312. The van der Waals surface area contributed by atoms with Crippen molar-refractivity contribution in [1.82, 2.24) is 0 Å². The number of esters is 1. The third-order valence-corrected chi connectivity index (χ3v) is 5.79. The number of carbonyl (C=O) groups excluding carboxylic acids is 1. The van der Waals surface area contributed by atoms with E-state index >= 15 is 0 Å². The molecule has 0 heterocycles. The van der Waals surface area contributed by atoms with Crippen LogP contribution in [0.15, 0.2) is 24.3 Å². The first-order valence-electron chi connectivity index (χ1n) is 9.93. The molecule has 1 aliphatic rings. The van der Waals surface area contributed by atoms with Crippen LogP contribution in [0, 0.1) is 5.92 Å². The first kappa shape index (κ1) is 19.0. The third kappa shape index (κ3) is 4.62. The van der Waals surface area contributed by atoms with E-state index in [9.17, 15) is 4.79 Å². The first-order valence-corrected chi connectivity index (χ1v) is 9.93. The van der Waals surface area contributed by atoms with E-state index < -0.39 is 0 Å². The Kier molecular flexibility index (Phi) is 7.33. The molecule has 24 heavy (non-hydrogen) atoms. The molecule has 2 rings (SSSR count). The fourth-order valence-electron chi connectivity index (χ4n) is 4.29. The van der Waals surface area contributed by atoms with Gasteiger partial charge in [-0.25, -0.2) is 0 Å². The van der Waals surface area contributed by atoms with Crippen molar-refractivity contribution >= 4 is 5.97 Å². The smallest absolute Gasteiger partial charge is 0.311 e. The minimum Gasteiger partial charge on any atom is -0.427 e. The van der Waals surface area contributed by atoms with E-state index in [0.29, 0.717) is 17.6 Å². The largest absolute Gasteiger partial charge is 0.427 e. The topological polar surface area (TPSA) is 26.3 Å².